The number of hydrogen-bond donors (Lipinski definition) is 0. The van der Waals surface area contributed by atoms with Gasteiger partial charge in [0.1, 0.15) is 22.5 Å². The molecule has 0 spiro atoms. The molecule has 3 nitrogen and oxygen atoms in total. The summed E-state index contributed by atoms with van der Waals surface area (Å²) in [5.41, 5.74) is -0.419. The van der Waals surface area contributed by atoms with Crippen LogP contribution >= 0.6 is 45.2 Å². The van der Waals surface area contributed by atoms with Crippen LogP contribution in [0.4, 0.5) is 0 Å². The van der Waals surface area contributed by atoms with Gasteiger partial charge < -0.3 is 9.47 Å². The van der Waals surface area contributed by atoms with E-state index >= 15 is 0 Å². The number of esters is 1. The summed E-state index contributed by atoms with van der Waals surface area (Å²) in [6.45, 7) is 11.4. The van der Waals surface area contributed by atoms with Gasteiger partial charge in [-0.1, -0.05) is 0 Å². The molecular formula is C15H20I2O3. The quantitative estimate of drug-likeness (QED) is 0.421. The summed E-state index contributed by atoms with van der Waals surface area (Å²) in [5, 5.41) is 0. The fraction of sp³-hybridized carbons (Fsp3) is 0.533. The lowest BCUT2D eigenvalue weighted by molar-refractivity contribution is 0.00611. The topological polar surface area (TPSA) is 35.5 Å². The molecule has 0 radical (unpaired) electrons. The van der Waals surface area contributed by atoms with Crippen LogP contribution in [0.3, 0.4) is 0 Å². The summed E-state index contributed by atoms with van der Waals surface area (Å²) in [6, 6.07) is 3.79. The highest BCUT2D eigenvalue weighted by molar-refractivity contribution is 14.1. The van der Waals surface area contributed by atoms with Crippen LogP contribution in [0, 0.1) is 7.14 Å². The molecule has 0 unspecified atom stereocenters. The van der Waals surface area contributed by atoms with Crippen molar-refractivity contribution in [3.05, 3.63) is 24.8 Å². The number of ether oxygens (including phenoxy) is 2. The molecule has 112 valence electrons. The number of carbonyl (C=O) groups excluding carboxylic acids is 1. The first-order valence-corrected chi connectivity index (χ1v) is 8.46. The molecule has 0 saturated carbocycles. The van der Waals surface area contributed by atoms with E-state index < -0.39 is 5.60 Å². The molecule has 0 aliphatic carbocycles. The van der Waals surface area contributed by atoms with Crippen LogP contribution in [0.25, 0.3) is 0 Å². The molecular weight excluding hydrogens is 482 g/mol. The van der Waals surface area contributed by atoms with E-state index in [1.165, 1.54) is 0 Å². The van der Waals surface area contributed by atoms with Gasteiger partial charge in [-0.3, -0.25) is 0 Å². The molecule has 0 fully saturated rings. The Labute approximate surface area is 148 Å². The standard InChI is InChI=1S/C15H20I2O3/c1-14(2,3)19-12-10(7-9(16)8-11(12)17)13(18)20-15(4,5)6/h7-8H,1-6H3. The Morgan fingerprint density at radius 1 is 1.00 bits per heavy atom. The van der Waals surface area contributed by atoms with Crippen molar-refractivity contribution in [2.24, 2.45) is 0 Å². The molecule has 0 aliphatic rings. The van der Waals surface area contributed by atoms with Gasteiger partial charge in [-0.2, -0.15) is 0 Å². The van der Waals surface area contributed by atoms with E-state index in [4.69, 9.17) is 9.47 Å². The predicted octanol–water partition coefficient (Wildman–Crippen LogP) is 5.03. The summed E-state index contributed by atoms with van der Waals surface area (Å²) >= 11 is 4.37. The van der Waals surface area contributed by atoms with E-state index in [-0.39, 0.29) is 11.6 Å². The lowest BCUT2D eigenvalue weighted by atomic mass is 10.1. The maximum atomic E-state index is 12.4. The third-order valence-corrected chi connectivity index (χ3v) is 3.46. The maximum absolute atomic E-state index is 12.4. The third-order valence-electron chi connectivity index (χ3n) is 2.04. The Morgan fingerprint density at radius 3 is 2.00 bits per heavy atom. The Hall–Kier alpha value is -0.0500. The smallest absolute Gasteiger partial charge is 0.342 e. The normalized spacial score (nSPS) is 12.2. The molecule has 1 rings (SSSR count). The molecule has 0 heterocycles. The molecule has 0 aliphatic heterocycles. The highest BCUT2D eigenvalue weighted by Crippen LogP contribution is 2.32. The Kier molecular flexibility index (Phi) is 5.74. The van der Waals surface area contributed by atoms with E-state index in [1.54, 1.807) is 6.07 Å². The van der Waals surface area contributed by atoms with Gasteiger partial charge in [0.05, 0.1) is 3.57 Å². The van der Waals surface area contributed by atoms with Gasteiger partial charge in [0.15, 0.2) is 0 Å². The average Bonchev–Trinajstić information content (AvgIpc) is 2.17. The summed E-state index contributed by atoms with van der Waals surface area (Å²) in [6.07, 6.45) is 0. The van der Waals surface area contributed by atoms with Crippen molar-refractivity contribution in [3.63, 3.8) is 0 Å². The van der Waals surface area contributed by atoms with E-state index in [9.17, 15) is 4.79 Å². The first-order chi connectivity index (χ1) is 8.89. The van der Waals surface area contributed by atoms with Crippen LogP contribution in [0.5, 0.6) is 5.75 Å². The summed E-state index contributed by atoms with van der Waals surface area (Å²) in [7, 11) is 0. The van der Waals surface area contributed by atoms with Crippen LogP contribution < -0.4 is 4.74 Å². The average molecular weight is 502 g/mol. The molecule has 1 aromatic rings. The van der Waals surface area contributed by atoms with Crippen LogP contribution in [0.1, 0.15) is 51.9 Å². The van der Waals surface area contributed by atoms with Crippen LogP contribution in [-0.4, -0.2) is 17.2 Å². The highest BCUT2D eigenvalue weighted by atomic mass is 127. The van der Waals surface area contributed by atoms with Crippen LogP contribution in [0.2, 0.25) is 0 Å². The molecule has 0 atom stereocenters. The highest BCUT2D eigenvalue weighted by Gasteiger charge is 2.25. The number of rotatable bonds is 2. The van der Waals surface area contributed by atoms with Crippen molar-refractivity contribution in [2.75, 3.05) is 0 Å². The summed E-state index contributed by atoms with van der Waals surface area (Å²) in [5.74, 6) is 0.237. The van der Waals surface area contributed by atoms with Crippen molar-refractivity contribution in [1.29, 1.82) is 0 Å². The fourth-order valence-electron chi connectivity index (χ4n) is 1.45. The number of hydrogen-bond acceptors (Lipinski definition) is 3. The van der Waals surface area contributed by atoms with Gasteiger partial charge in [-0.05, 0) is 98.9 Å². The zero-order chi connectivity index (χ0) is 15.7. The monoisotopic (exact) mass is 502 g/mol. The largest absolute Gasteiger partial charge is 0.486 e. The lowest BCUT2D eigenvalue weighted by Gasteiger charge is -2.25. The van der Waals surface area contributed by atoms with Gasteiger partial charge in [0.25, 0.3) is 0 Å². The Balaban J connectivity index is 3.26. The fourth-order valence-corrected chi connectivity index (χ4v) is 3.41. The van der Waals surface area contributed by atoms with E-state index in [0.717, 1.165) is 7.14 Å². The molecule has 1 aromatic carbocycles. The van der Waals surface area contributed by atoms with Crippen molar-refractivity contribution in [1.82, 2.24) is 0 Å². The zero-order valence-corrected chi connectivity index (χ0v) is 17.0. The molecule has 20 heavy (non-hydrogen) atoms. The predicted molar refractivity (Wildman–Crippen MR) is 97.4 cm³/mol. The number of benzene rings is 1. The van der Waals surface area contributed by atoms with Gasteiger partial charge >= 0.3 is 5.97 Å². The molecule has 0 N–H and O–H groups in total. The van der Waals surface area contributed by atoms with E-state index in [2.05, 4.69) is 45.2 Å². The molecule has 0 aromatic heterocycles. The molecule has 5 heteroatoms. The molecule has 0 amide bonds. The van der Waals surface area contributed by atoms with Gasteiger partial charge in [-0.25, -0.2) is 4.79 Å². The van der Waals surface area contributed by atoms with Gasteiger partial charge in [0, 0.05) is 3.57 Å². The summed E-state index contributed by atoms with van der Waals surface area (Å²) < 4.78 is 13.3. The minimum absolute atomic E-state index is 0.354. The second-order valence-electron chi connectivity index (χ2n) is 6.48. The molecule has 0 bridgehead atoms. The van der Waals surface area contributed by atoms with Crippen LogP contribution in [-0.2, 0) is 4.74 Å². The van der Waals surface area contributed by atoms with Gasteiger partial charge in [0.2, 0.25) is 0 Å². The van der Waals surface area contributed by atoms with Crippen molar-refractivity contribution < 1.29 is 14.3 Å². The summed E-state index contributed by atoms with van der Waals surface area (Å²) in [4.78, 5) is 12.4. The third kappa shape index (κ3) is 5.75. The lowest BCUT2D eigenvalue weighted by Crippen LogP contribution is -2.27. The van der Waals surface area contributed by atoms with Crippen LogP contribution in [0.15, 0.2) is 12.1 Å². The first kappa shape index (κ1) is 18.0. The second kappa shape index (κ2) is 6.37. The first-order valence-electron chi connectivity index (χ1n) is 6.30. The van der Waals surface area contributed by atoms with E-state index in [0.29, 0.717) is 11.3 Å². The van der Waals surface area contributed by atoms with Crippen molar-refractivity contribution >= 4 is 51.2 Å². The second-order valence-corrected chi connectivity index (χ2v) is 8.89. The zero-order valence-electron chi connectivity index (χ0n) is 12.6. The molecule has 0 saturated heterocycles. The Morgan fingerprint density at radius 2 is 1.55 bits per heavy atom. The number of halogens is 2. The number of carbonyl (C=O) groups is 1. The van der Waals surface area contributed by atoms with E-state index in [1.807, 2.05) is 47.6 Å². The SMILES string of the molecule is CC(C)(C)OC(=O)c1cc(I)cc(I)c1OC(C)(C)C. The minimum Gasteiger partial charge on any atom is -0.486 e. The minimum atomic E-state index is -0.525. The van der Waals surface area contributed by atoms with Gasteiger partial charge in [-0.15, -0.1) is 0 Å². The van der Waals surface area contributed by atoms with Crippen molar-refractivity contribution in [2.45, 2.75) is 52.7 Å². The van der Waals surface area contributed by atoms with Crippen molar-refractivity contribution in [3.8, 4) is 5.75 Å². The maximum Gasteiger partial charge on any atom is 0.342 e. The Bertz CT molecular complexity index is 511.